The number of carbonyl (C=O) groups excluding carboxylic acids is 4. The van der Waals surface area contributed by atoms with Gasteiger partial charge in [0.2, 0.25) is 0 Å². The molecule has 1 aliphatic heterocycles. The minimum Gasteiger partial charge on any atom is -0.465 e. The molecule has 9 heteroatoms. The van der Waals surface area contributed by atoms with Crippen molar-refractivity contribution in [3.63, 3.8) is 0 Å². The van der Waals surface area contributed by atoms with Crippen molar-refractivity contribution in [1.29, 1.82) is 0 Å². The van der Waals surface area contributed by atoms with Gasteiger partial charge in [-0.05, 0) is 142 Å². The Balaban J connectivity index is 2.80. The molecule has 0 unspecified atom stereocenters. The summed E-state index contributed by atoms with van der Waals surface area (Å²) in [6.45, 7) is 9.28. The predicted octanol–water partition coefficient (Wildman–Crippen LogP) is 19.9. The largest absolute Gasteiger partial charge is 0.465 e. The van der Waals surface area contributed by atoms with E-state index in [4.69, 9.17) is 18.9 Å². The Morgan fingerprint density at radius 2 is 0.538 bits per heavy atom. The number of allylic oxidation sites excluding steroid dienone is 6. The molecule has 1 rings (SSSR count). The molecular formula is C69H125NO8. The van der Waals surface area contributed by atoms with Crippen LogP contribution < -0.4 is 0 Å². The van der Waals surface area contributed by atoms with E-state index in [1.54, 1.807) is 0 Å². The summed E-state index contributed by atoms with van der Waals surface area (Å²) in [6, 6.07) is 0. The highest BCUT2D eigenvalue weighted by Gasteiger charge is 2.38. The summed E-state index contributed by atoms with van der Waals surface area (Å²) < 4.78 is 23.7. The highest BCUT2D eigenvalue weighted by molar-refractivity contribution is 5.71. The second-order valence-electron chi connectivity index (χ2n) is 23.5. The first-order valence-electron chi connectivity index (χ1n) is 33.6. The zero-order valence-electron chi connectivity index (χ0n) is 51.6. The van der Waals surface area contributed by atoms with E-state index in [2.05, 4.69) is 62.1 Å². The van der Waals surface area contributed by atoms with Gasteiger partial charge in [0.25, 0.3) is 0 Å². The zero-order chi connectivity index (χ0) is 56.3. The van der Waals surface area contributed by atoms with E-state index in [0.717, 1.165) is 142 Å². The van der Waals surface area contributed by atoms with E-state index >= 15 is 0 Å². The number of likely N-dealkylation sites (tertiary alicyclic amines) is 1. The molecule has 78 heavy (non-hydrogen) atoms. The summed E-state index contributed by atoms with van der Waals surface area (Å²) in [4.78, 5) is 55.7. The smallest absolute Gasteiger partial charge is 0.305 e. The molecule has 0 N–H and O–H groups in total. The number of piperidine rings is 1. The van der Waals surface area contributed by atoms with Gasteiger partial charge in [-0.2, -0.15) is 0 Å². The van der Waals surface area contributed by atoms with E-state index in [0.29, 0.717) is 6.42 Å². The first kappa shape index (κ1) is 73.1. The Hall–Kier alpha value is -2.94. The van der Waals surface area contributed by atoms with Gasteiger partial charge in [0, 0.05) is 25.7 Å². The van der Waals surface area contributed by atoms with Crippen molar-refractivity contribution in [3.05, 3.63) is 36.5 Å². The van der Waals surface area contributed by atoms with Gasteiger partial charge in [-0.1, -0.05) is 218 Å². The van der Waals surface area contributed by atoms with Crippen LogP contribution in [0.5, 0.6) is 0 Å². The van der Waals surface area contributed by atoms with Crippen molar-refractivity contribution in [3.8, 4) is 0 Å². The van der Waals surface area contributed by atoms with E-state index in [1.807, 2.05) is 0 Å². The lowest BCUT2D eigenvalue weighted by molar-refractivity contribution is -0.170. The van der Waals surface area contributed by atoms with E-state index < -0.39 is 5.41 Å². The number of unbranched alkanes of at least 4 members (excludes halogenated alkanes) is 34. The number of ether oxygens (including phenoxy) is 4. The molecule has 0 spiro atoms. The Kier molecular flexibility index (Phi) is 53.7. The van der Waals surface area contributed by atoms with E-state index in [9.17, 15) is 19.2 Å². The summed E-state index contributed by atoms with van der Waals surface area (Å²) in [5.41, 5.74) is -1.22. The average Bonchev–Trinajstić information content (AvgIpc) is 3.45. The third-order valence-corrected chi connectivity index (χ3v) is 15.6. The molecule has 1 saturated heterocycles. The Labute approximate surface area is 481 Å². The monoisotopic (exact) mass is 1100 g/mol. The second-order valence-corrected chi connectivity index (χ2v) is 23.5. The minimum atomic E-state index is -1.22. The topological polar surface area (TPSA) is 108 Å². The van der Waals surface area contributed by atoms with Gasteiger partial charge in [-0.15, -0.1) is 0 Å². The fourth-order valence-electron chi connectivity index (χ4n) is 10.3. The fourth-order valence-corrected chi connectivity index (χ4v) is 10.3. The van der Waals surface area contributed by atoms with Crippen molar-refractivity contribution in [2.24, 2.45) is 5.41 Å². The van der Waals surface area contributed by atoms with Crippen molar-refractivity contribution in [2.75, 3.05) is 46.1 Å². The Bertz CT molecular complexity index is 1320. The van der Waals surface area contributed by atoms with Gasteiger partial charge in [-0.25, -0.2) is 0 Å². The lowest BCUT2D eigenvalue weighted by Crippen LogP contribution is -2.44. The fraction of sp³-hybridized carbons (Fsp3) is 0.855. The first-order chi connectivity index (χ1) is 38.3. The first-order valence-corrected chi connectivity index (χ1v) is 33.6. The van der Waals surface area contributed by atoms with Crippen LogP contribution in [0.1, 0.15) is 329 Å². The molecule has 0 aliphatic carbocycles. The minimum absolute atomic E-state index is 0.180. The lowest BCUT2D eigenvalue weighted by Gasteiger charge is -2.31. The maximum absolute atomic E-state index is 13.3. The number of carbonyl (C=O) groups is 4. The molecule has 1 fully saturated rings. The zero-order valence-corrected chi connectivity index (χ0v) is 51.6. The molecule has 0 aromatic carbocycles. The number of esters is 4. The Morgan fingerprint density at radius 3 is 0.808 bits per heavy atom. The van der Waals surface area contributed by atoms with Crippen LogP contribution in [0, 0.1) is 5.41 Å². The SMILES string of the molecule is CCCCCCCC/C=C\CCCCCCCC(=O)OCC(COC(=O)CCCCCCC/C=C\CCCCCCCC)(COC(=O)CCCCCCC/C=C\CCCCCCCC)COC(=O)CCCCN1CCCCC1. The van der Waals surface area contributed by atoms with Crippen molar-refractivity contribution >= 4 is 23.9 Å². The normalized spacial score (nSPS) is 13.3. The van der Waals surface area contributed by atoms with Gasteiger partial charge >= 0.3 is 23.9 Å². The summed E-state index contributed by atoms with van der Waals surface area (Å²) in [5, 5.41) is 0. The molecule has 1 aliphatic rings. The standard InChI is InChI=1S/C69H125NO8/c1-4-7-10-13-16-19-22-25-28-31-34-37-40-43-47-54-65(71)75-61-69(64-78-68(74)57-50-53-60-70-58-51-46-52-59-70,62-76-66(72)55-48-44-41-38-35-32-29-26-23-20-17-14-11-8-5-2)63-77-67(73)56-49-45-42-39-36-33-30-27-24-21-18-15-12-9-6-3/h25-30H,4-24,31-64H2,1-3H3/b28-25-,29-26-,30-27-. The number of nitrogens with zero attached hydrogens (tertiary/aromatic N) is 1. The third kappa shape index (κ3) is 50.1. The van der Waals surface area contributed by atoms with Gasteiger partial charge in [0.1, 0.15) is 31.8 Å². The summed E-state index contributed by atoms with van der Waals surface area (Å²) in [7, 11) is 0. The molecule has 0 aromatic rings. The van der Waals surface area contributed by atoms with Crippen LogP contribution in [0.4, 0.5) is 0 Å². The number of hydrogen-bond donors (Lipinski definition) is 0. The van der Waals surface area contributed by atoms with Gasteiger partial charge in [0.05, 0.1) is 0 Å². The van der Waals surface area contributed by atoms with E-state index in [1.165, 1.54) is 154 Å². The van der Waals surface area contributed by atoms with Crippen LogP contribution >= 0.6 is 0 Å². The average molecular weight is 1100 g/mol. The summed E-state index contributed by atoms with van der Waals surface area (Å²) >= 11 is 0. The third-order valence-electron chi connectivity index (χ3n) is 15.6. The van der Waals surface area contributed by atoms with Crippen LogP contribution in [0.25, 0.3) is 0 Å². The van der Waals surface area contributed by atoms with Crippen LogP contribution in [-0.4, -0.2) is 74.8 Å². The highest BCUT2D eigenvalue weighted by Crippen LogP contribution is 2.24. The lowest BCUT2D eigenvalue weighted by atomic mass is 9.92. The van der Waals surface area contributed by atoms with Crippen LogP contribution in [0.2, 0.25) is 0 Å². The molecule has 0 atom stereocenters. The molecule has 1 heterocycles. The van der Waals surface area contributed by atoms with Gasteiger partial charge in [0.15, 0.2) is 0 Å². The summed E-state index contributed by atoms with van der Waals surface area (Å²) in [5.74, 6) is -1.39. The molecule has 0 saturated carbocycles. The molecule has 0 amide bonds. The van der Waals surface area contributed by atoms with Crippen LogP contribution in [-0.2, 0) is 38.1 Å². The van der Waals surface area contributed by atoms with E-state index in [-0.39, 0.29) is 76.0 Å². The molecule has 454 valence electrons. The predicted molar refractivity (Wildman–Crippen MR) is 329 cm³/mol. The number of rotatable bonds is 58. The molecule has 0 bridgehead atoms. The second kappa shape index (κ2) is 57.3. The number of hydrogen-bond acceptors (Lipinski definition) is 9. The summed E-state index contributed by atoms with van der Waals surface area (Å²) in [6.07, 6.45) is 66.3. The quantitative estimate of drug-likeness (QED) is 0.0255. The van der Waals surface area contributed by atoms with Gasteiger partial charge < -0.3 is 23.8 Å². The maximum atomic E-state index is 13.3. The van der Waals surface area contributed by atoms with Crippen molar-refractivity contribution in [2.45, 2.75) is 329 Å². The van der Waals surface area contributed by atoms with Crippen LogP contribution in [0.15, 0.2) is 36.5 Å². The molecule has 0 radical (unpaired) electrons. The highest BCUT2D eigenvalue weighted by atomic mass is 16.6. The van der Waals surface area contributed by atoms with Crippen molar-refractivity contribution < 1.29 is 38.1 Å². The molecular weight excluding hydrogens is 971 g/mol. The maximum Gasteiger partial charge on any atom is 0.305 e. The van der Waals surface area contributed by atoms with Gasteiger partial charge in [-0.3, -0.25) is 19.2 Å². The Morgan fingerprint density at radius 1 is 0.308 bits per heavy atom. The molecule has 9 nitrogen and oxygen atoms in total. The van der Waals surface area contributed by atoms with Crippen molar-refractivity contribution in [1.82, 2.24) is 4.90 Å². The molecule has 0 aromatic heterocycles. The van der Waals surface area contributed by atoms with Crippen LogP contribution in [0.3, 0.4) is 0 Å².